The molecule has 5 nitrogen and oxygen atoms in total. The van der Waals surface area contributed by atoms with Crippen LogP contribution in [0.5, 0.6) is 0 Å². The van der Waals surface area contributed by atoms with Gasteiger partial charge in [0.2, 0.25) is 0 Å². The number of carbonyl (C=O) groups excluding carboxylic acids is 1. The van der Waals surface area contributed by atoms with Crippen molar-refractivity contribution in [1.29, 1.82) is 0 Å². The first-order chi connectivity index (χ1) is 12.4. The predicted molar refractivity (Wildman–Crippen MR) is 101 cm³/mol. The van der Waals surface area contributed by atoms with Crippen LogP contribution in [0.3, 0.4) is 0 Å². The third-order valence-corrected chi connectivity index (χ3v) is 5.13. The number of urea groups is 1. The van der Waals surface area contributed by atoms with Crippen LogP contribution < -0.4 is 5.32 Å². The van der Waals surface area contributed by atoms with Gasteiger partial charge in [-0.3, -0.25) is 4.79 Å². The Morgan fingerprint density at radius 3 is 2.27 bits per heavy atom. The maximum Gasteiger partial charge on any atom is 0.317 e. The van der Waals surface area contributed by atoms with Crippen molar-refractivity contribution in [3.8, 4) is 11.1 Å². The number of carboxylic acids is 1. The standard InChI is InChI=1S/C21H24N2O3/c1-15(22-20(26)23-13-12-21(2,14-23)19(24)25)16-8-10-18(11-9-16)17-6-4-3-5-7-17/h3-11,15H,12-14H2,1-2H3,(H,22,26)(H,24,25). The summed E-state index contributed by atoms with van der Waals surface area (Å²) >= 11 is 0. The molecule has 0 spiro atoms. The zero-order chi connectivity index (χ0) is 18.7. The molecular formula is C21H24N2O3. The fourth-order valence-electron chi connectivity index (χ4n) is 3.26. The van der Waals surface area contributed by atoms with Gasteiger partial charge in [0.15, 0.2) is 0 Å². The Hall–Kier alpha value is -2.82. The van der Waals surface area contributed by atoms with Crippen LogP contribution in [0.25, 0.3) is 11.1 Å². The maximum absolute atomic E-state index is 12.4. The summed E-state index contributed by atoms with van der Waals surface area (Å²) in [5, 5.41) is 12.3. The van der Waals surface area contributed by atoms with Crippen LogP contribution in [-0.2, 0) is 4.79 Å². The second-order valence-electron chi connectivity index (χ2n) is 7.20. The minimum atomic E-state index is -0.850. The summed E-state index contributed by atoms with van der Waals surface area (Å²) in [4.78, 5) is 25.4. The lowest BCUT2D eigenvalue weighted by molar-refractivity contribution is -0.147. The summed E-state index contributed by atoms with van der Waals surface area (Å²) in [6.07, 6.45) is 0.482. The molecule has 2 atom stereocenters. The molecule has 3 rings (SSSR count). The van der Waals surface area contributed by atoms with Gasteiger partial charge in [0.25, 0.3) is 0 Å². The number of aliphatic carboxylic acids is 1. The topological polar surface area (TPSA) is 69.6 Å². The Morgan fingerprint density at radius 1 is 1.08 bits per heavy atom. The fourth-order valence-corrected chi connectivity index (χ4v) is 3.26. The van der Waals surface area contributed by atoms with Gasteiger partial charge in [-0.05, 0) is 37.0 Å². The van der Waals surface area contributed by atoms with Crippen LogP contribution in [0.4, 0.5) is 4.79 Å². The average Bonchev–Trinajstić information content (AvgIpc) is 3.06. The molecule has 136 valence electrons. The summed E-state index contributed by atoms with van der Waals surface area (Å²) in [7, 11) is 0. The van der Waals surface area contributed by atoms with Gasteiger partial charge in [-0.1, -0.05) is 54.6 Å². The highest BCUT2D eigenvalue weighted by Gasteiger charge is 2.42. The second kappa shape index (κ2) is 7.20. The van der Waals surface area contributed by atoms with Gasteiger partial charge in [0.05, 0.1) is 11.5 Å². The summed E-state index contributed by atoms with van der Waals surface area (Å²) < 4.78 is 0. The van der Waals surface area contributed by atoms with E-state index in [0.29, 0.717) is 13.0 Å². The highest BCUT2D eigenvalue weighted by Crippen LogP contribution is 2.30. The van der Waals surface area contributed by atoms with Crippen molar-refractivity contribution in [2.75, 3.05) is 13.1 Å². The number of nitrogens with one attached hydrogen (secondary N) is 1. The average molecular weight is 352 g/mol. The minimum absolute atomic E-state index is 0.149. The molecule has 26 heavy (non-hydrogen) atoms. The first kappa shape index (κ1) is 18.0. The number of amides is 2. The SMILES string of the molecule is CC(NC(=O)N1CCC(C)(C(=O)O)C1)c1ccc(-c2ccccc2)cc1. The molecule has 0 aromatic heterocycles. The quantitative estimate of drug-likeness (QED) is 0.876. The van der Waals surface area contributed by atoms with Crippen LogP contribution >= 0.6 is 0 Å². The van der Waals surface area contributed by atoms with E-state index in [1.54, 1.807) is 11.8 Å². The number of hydrogen-bond donors (Lipinski definition) is 2. The number of benzene rings is 2. The van der Waals surface area contributed by atoms with Crippen LogP contribution in [0.15, 0.2) is 54.6 Å². The van der Waals surface area contributed by atoms with E-state index in [1.165, 1.54) is 0 Å². The zero-order valence-corrected chi connectivity index (χ0v) is 15.1. The molecule has 1 saturated heterocycles. The highest BCUT2D eigenvalue weighted by atomic mass is 16.4. The Labute approximate surface area is 153 Å². The first-order valence-electron chi connectivity index (χ1n) is 8.83. The summed E-state index contributed by atoms with van der Waals surface area (Å²) in [6.45, 7) is 4.33. The second-order valence-corrected chi connectivity index (χ2v) is 7.20. The monoisotopic (exact) mass is 352 g/mol. The molecule has 0 bridgehead atoms. The van der Waals surface area contributed by atoms with Crippen molar-refractivity contribution in [1.82, 2.24) is 10.2 Å². The lowest BCUT2D eigenvalue weighted by atomic mass is 9.90. The van der Waals surface area contributed by atoms with E-state index in [4.69, 9.17) is 0 Å². The number of rotatable bonds is 4. The molecular weight excluding hydrogens is 328 g/mol. The summed E-state index contributed by atoms with van der Waals surface area (Å²) in [5.41, 5.74) is 2.45. The molecule has 0 aliphatic carbocycles. The number of nitrogens with zero attached hydrogens (tertiary/aromatic N) is 1. The lowest BCUT2D eigenvalue weighted by Crippen LogP contribution is -2.41. The molecule has 1 heterocycles. The highest BCUT2D eigenvalue weighted by molar-refractivity contribution is 5.79. The third kappa shape index (κ3) is 3.72. The van der Waals surface area contributed by atoms with E-state index in [2.05, 4.69) is 17.4 Å². The van der Waals surface area contributed by atoms with E-state index >= 15 is 0 Å². The van der Waals surface area contributed by atoms with Crippen molar-refractivity contribution in [3.05, 3.63) is 60.2 Å². The van der Waals surface area contributed by atoms with Gasteiger partial charge in [0, 0.05) is 13.1 Å². The Bertz CT molecular complexity index is 789. The van der Waals surface area contributed by atoms with Crippen LogP contribution in [-0.4, -0.2) is 35.1 Å². The minimum Gasteiger partial charge on any atom is -0.481 e. The number of carbonyl (C=O) groups is 2. The zero-order valence-electron chi connectivity index (χ0n) is 15.1. The number of carboxylic acid groups (broad SMARTS) is 1. The van der Waals surface area contributed by atoms with E-state index in [9.17, 15) is 14.7 Å². The first-order valence-corrected chi connectivity index (χ1v) is 8.83. The van der Waals surface area contributed by atoms with Gasteiger partial charge in [-0.25, -0.2) is 4.79 Å². The van der Waals surface area contributed by atoms with Crippen molar-refractivity contribution in [2.24, 2.45) is 5.41 Å². The molecule has 2 unspecified atom stereocenters. The predicted octanol–water partition coefficient (Wildman–Crippen LogP) is 3.92. The van der Waals surface area contributed by atoms with Crippen molar-refractivity contribution in [2.45, 2.75) is 26.3 Å². The van der Waals surface area contributed by atoms with Gasteiger partial charge < -0.3 is 15.3 Å². The molecule has 1 fully saturated rings. The van der Waals surface area contributed by atoms with Gasteiger partial charge in [0.1, 0.15) is 0 Å². The molecule has 2 aromatic carbocycles. The molecule has 2 aromatic rings. The van der Waals surface area contributed by atoms with Gasteiger partial charge >= 0.3 is 12.0 Å². The van der Waals surface area contributed by atoms with E-state index in [-0.39, 0.29) is 18.6 Å². The lowest BCUT2D eigenvalue weighted by Gasteiger charge is -2.23. The molecule has 0 saturated carbocycles. The molecule has 2 N–H and O–H groups in total. The van der Waals surface area contributed by atoms with Crippen LogP contribution in [0.2, 0.25) is 0 Å². The Kier molecular flexibility index (Phi) is 4.98. The Morgan fingerprint density at radius 2 is 1.69 bits per heavy atom. The van der Waals surface area contributed by atoms with Gasteiger partial charge in [-0.2, -0.15) is 0 Å². The summed E-state index contributed by atoms with van der Waals surface area (Å²) in [6, 6.07) is 17.9. The van der Waals surface area contributed by atoms with Crippen LogP contribution in [0.1, 0.15) is 31.9 Å². The van der Waals surface area contributed by atoms with Gasteiger partial charge in [-0.15, -0.1) is 0 Å². The smallest absolute Gasteiger partial charge is 0.317 e. The van der Waals surface area contributed by atoms with Crippen molar-refractivity contribution >= 4 is 12.0 Å². The number of likely N-dealkylation sites (tertiary alicyclic amines) is 1. The van der Waals surface area contributed by atoms with E-state index in [0.717, 1.165) is 16.7 Å². The van der Waals surface area contributed by atoms with Crippen molar-refractivity contribution < 1.29 is 14.7 Å². The maximum atomic E-state index is 12.4. The summed E-state index contributed by atoms with van der Waals surface area (Å²) in [5.74, 6) is -0.850. The number of hydrogen-bond acceptors (Lipinski definition) is 2. The normalized spacial score (nSPS) is 20.6. The van der Waals surface area contributed by atoms with Crippen molar-refractivity contribution in [3.63, 3.8) is 0 Å². The molecule has 1 aliphatic rings. The molecule has 1 aliphatic heterocycles. The molecule has 0 radical (unpaired) electrons. The third-order valence-electron chi connectivity index (χ3n) is 5.13. The van der Waals surface area contributed by atoms with E-state index < -0.39 is 11.4 Å². The Balaban J connectivity index is 1.62. The largest absolute Gasteiger partial charge is 0.481 e. The van der Waals surface area contributed by atoms with Crippen LogP contribution in [0, 0.1) is 5.41 Å². The molecule has 5 heteroatoms. The molecule has 2 amide bonds. The fraction of sp³-hybridized carbons (Fsp3) is 0.333. The van der Waals surface area contributed by atoms with E-state index in [1.807, 2.05) is 49.4 Å².